The van der Waals surface area contributed by atoms with Crippen LogP contribution >= 0.6 is 12.4 Å². The van der Waals surface area contributed by atoms with Gasteiger partial charge in [0.25, 0.3) is 0 Å². The second-order valence-electron chi connectivity index (χ2n) is 6.26. The fourth-order valence-electron chi connectivity index (χ4n) is 2.80. The highest BCUT2D eigenvalue weighted by Gasteiger charge is 2.39. The lowest BCUT2D eigenvalue weighted by Gasteiger charge is -2.22. The average molecular weight is 363 g/mol. The van der Waals surface area contributed by atoms with Crippen LogP contribution in [0.4, 0.5) is 0 Å². The summed E-state index contributed by atoms with van der Waals surface area (Å²) in [5, 5.41) is 0. The zero-order valence-corrected chi connectivity index (χ0v) is 14.8. The normalized spacial score (nSPS) is 24.8. The van der Waals surface area contributed by atoms with E-state index in [1.807, 2.05) is 6.92 Å². The van der Waals surface area contributed by atoms with Crippen molar-refractivity contribution in [2.24, 2.45) is 11.1 Å². The third kappa shape index (κ3) is 3.57. The summed E-state index contributed by atoms with van der Waals surface area (Å²) in [5.41, 5.74) is 5.62. The quantitative estimate of drug-likeness (QED) is 0.883. The number of rotatable bonds is 3. The maximum Gasteiger partial charge on any atom is 0.243 e. The smallest absolute Gasteiger partial charge is 0.243 e. The fourth-order valence-corrected chi connectivity index (χ4v) is 4.41. The number of hydrogen-bond acceptors (Lipinski definition) is 5. The molecule has 0 bridgehead atoms. The average Bonchev–Trinajstić information content (AvgIpc) is 2.77. The Labute approximate surface area is 143 Å². The number of benzene rings is 1. The Bertz CT molecular complexity index is 667. The van der Waals surface area contributed by atoms with Gasteiger partial charge in [0.1, 0.15) is 0 Å². The zero-order chi connectivity index (χ0) is 15.8. The third-order valence-electron chi connectivity index (χ3n) is 4.37. The van der Waals surface area contributed by atoms with Crippen LogP contribution in [0.25, 0.3) is 0 Å². The summed E-state index contributed by atoms with van der Waals surface area (Å²) in [6.45, 7) is 4.59. The summed E-state index contributed by atoms with van der Waals surface area (Å²) in [6, 6.07) is 4.82. The van der Waals surface area contributed by atoms with E-state index in [9.17, 15) is 8.42 Å². The van der Waals surface area contributed by atoms with Crippen molar-refractivity contribution in [2.75, 3.05) is 32.8 Å². The molecule has 0 amide bonds. The van der Waals surface area contributed by atoms with E-state index in [0.717, 1.165) is 12.8 Å². The molecule has 1 unspecified atom stereocenters. The summed E-state index contributed by atoms with van der Waals surface area (Å²) in [6.07, 6.45) is 1.57. The molecule has 2 aliphatic heterocycles. The van der Waals surface area contributed by atoms with Crippen molar-refractivity contribution in [2.45, 2.75) is 24.7 Å². The molecule has 0 aliphatic carbocycles. The molecule has 23 heavy (non-hydrogen) atoms. The van der Waals surface area contributed by atoms with E-state index >= 15 is 0 Å². The van der Waals surface area contributed by atoms with Gasteiger partial charge in [0.15, 0.2) is 11.5 Å². The van der Waals surface area contributed by atoms with Crippen LogP contribution in [0.2, 0.25) is 0 Å². The van der Waals surface area contributed by atoms with Gasteiger partial charge in [-0.3, -0.25) is 0 Å². The molecule has 8 heteroatoms. The number of nitrogens with zero attached hydrogens (tertiary/aromatic N) is 1. The van der Waals surface area contributed by atoms with Crippen LogP contribution in [0.3, 0.4) is 0 Å². The molecule has 130 valence electrons. The minimum Gasteiger partial charge on any atom is -0.490 e. The Kier molecular flexibility index (Phi) is 5.45. The molecule has 1 aromatic rings. The molecule has 0 radical (unpaired) electrons. The molecule has 2 N–H and O–H groups in total. The predicted molar refractivity (Wildman–Crippen MR) is 89.8 cm³/mol. The van der Waals surface area contributed by atoms with Crippen molar-refractivity contribution in [3.63, 3.8) is 0 Å². The molecule has 6 nitrogen and oxygen atoms in total. The van der Waals surface area contributed by atoms with Crippen molar-refractivity contribution >= 4 is 22.4 Å². The van der Waals surface area contributed by atoms with Gasteiger partial charge in [-0.2, -0.15) is 4.31 Å². The summed E-state index contributed by atoms with van der Waals surface area (Å²) in [4.78, 5) is 0.248. The van der Waals surface area contributed by atoms with E-state index < -0.39 is 10.0 Å². The summed E-state index contributed by atoms with van der Waals surface area (Å²) >= 11 is 0. The van der Waals surface area contributed by atoms with Gasteiger partial charge in [-0.15, -0.1) is 12.4 Å². The van der Waals surface area contributed by atoms with Gasteiger partial charge in [0.05, 0.1) is 18.1 Å². The van der Waals surface area contributed by atoms with E-state index in [1.54, 1.807) is 18.2 Å². The standard InChI is InChI=1S/C15H22N2O4S.ClH/c1-15(10-16)5-6-17(11-15)22(18,19)12-3-4-13-14(9-12)21-8-2-7-20-13;/h3-4,9H,2,5-8,10-11,16H2,1H3;1H. The predicted octanol–water partition coefficient (Wildman–Crippen LogP) is 1.63. The second-order valence-corrected chi connectivity index (χ2v) is 8.20. The van der Waals surface area contributed by atoms with Crippen LogP contribution in [0, 0.1) is 5.41 Å². The molecule has 1 atom stereocenters. The number of sulfonamides is 1. The van der Waals surface area contributed by atoms with Crippen molar-refractivity contribution in [1.82, 2.24) is 4.31 Å². The lowest BCUT2D eigenvalue weighted by atomic mass is 9.90. The molecule has 0 spiro atoms. The Balaban J connectivity index is 0.00000192. The molecular weight excluding hydrogens is 340 g/mol. The van der Waals surface area contributed by atoms with Crippen LogP contribution in [-0.2, 0) is 10.0 Å². The maximum absolute atomic E-state index is 12.8. The van der Waals surface area contributed by atoms with Crippen molar-refractivity contribution in [3.8, 4) is 11.5 Å². The van der Waals surface area contributed by atoms with Crippen LogP contribution < -0.4 is 15.2 Å². The monoisotopic (exact) mass is 362 g/mol. The van der Waals surface area contributed by atoms with Gasteiger partial charge < -0.3 is 15.2 Å². The van der Waals surface area contributed by atoms with Gasteiger partial charge in [-0.1, -0.05) is 6.92 Å². The molecule has 2 heterocycles. The first-order valence-electron chi connectivity index (χ1n) is 7.55. The first-order chi connectivity index (χ1) is 10.4. The highest BCUT2D eigenvalue weighted by Crippen LogP contribution is 2.36. The SMILES string of the molecule is CC1(CN)CCN(S(=O)(=O)c2ccc3c(c2)OCCCO3)C1.Cl. The van der Waals surface area contributed by atoms with Crippen LogP contribution in [0.5, 0.6) is 11.5 Å². The van der Waals surface area contributed by atoms with Gasteiger partial charge >= 0.3 is 0 Å². The summed E-state index contributed by atoms with van der Waals surface area (Å²) in [5.74, 6) is 1.10. The Morgan fingerprint density at radius 1 is 1.26 bits per heavy atom. The number of halogens is 1. The lowest BCUT2D eigenvalue weighted by molar-refractivity contribution is 0.296. The van der Waals surface area contributed by atoms with Gasteiger partial charge in [-0.25, -0.2) is 8.42 Å². The third-order valence-corrected chi connectivity index (χ3v) is 6.21. The van der Waals surface area contributed by atoms with E-state index in [-0.39, 0.29) is 22.7 Å². The Morgan fingerprint density at radius 2 is 1.96 bits per heavy atom. The lowest BCUT2D eigenvalue weighted by Crippen LogP contribution is -2.34. The first kappa shape index (κ1) is 18.3. The molecule has 3 rings (SSSR count). The summed E-state index contributed by atoms with van der Waals surface area (Å²) < 4.78 is 38.2. The first-order valence-corrected chi connectivity index (χ1v) is 8.99. The molecule has 2 aliphatic rings. The highest BCUT2D eigenvalue weighted by molar-refractivity contribution is 7.89. The highest BCUT2D eigenvalue weighted by atomic mass is 35.5. The topological polar surface area (TPSA) is 81.9 Å². The molecule has 1 aromatic carbocycles. The largest absolute Gasteiger partial charge is 0.490 e. The molecular formula is C15H23ClN2O4S. The van der Waals surface area contributed by atoms with Crippen molar-refractivity contribution in [3.05, 3.63) is 18.2 Å². The maximum atomic E-state index is 12.8. The van der Waals surface area contributed by atoms with E-state index in [0.29, 0.717) is 44.3 Å². The van der Waals surface area contributed by atoms with E-state index in [2.05, 4.69) is 0 Å². The summed E-state index contributed by atoms with van der Waals surface area (Å²) in [7, 11) is -3.52. The number of fused-ring (bicyclic) bond motifs is 1. The van der Waals surface area contributed by atoms with E-state index in [4.69, 9.17) is 15.2 Å². The van der Waals surface area contributed by atoms with Gasteiger partial charge in [-0.05, 0) is 30.5 Å². The van der Waals surface area contributed by atoms with Crippen LogP contribution in [0.1, 0.15) is 19.8 Å². The van der Waals surface area contributed by atoms with E-state index in [1.165, 1.54) is 4.31 Å². The molecule has 0 aromatic heterocycles. The molecule has 1 saturated heterocycles. The number of hydrogen-bond donors (Lipinski definition) is 1. The fraction of sp³-hybridized carbons (Fsp3) is 0.600. The Morgan fingerprint density at radius 3 is 2.61 bits per heavy atom. The number of ether oxygens (including phenoxy) is 2. The van der Waals surface area contributed by atoms with Crippen LogP contribution in [0.15, 0.2) is 23.1 Å². The second kappa shape index (κ2) is 6.84. The van der Waals surface area contributed by atoms with Crippen molar-refractivity contribution in [1.29, 1.82) is 0 Å². The van der Waals surface area contributed by atoms with Crippen LogP contribution in [-0.4, -0.2) is 45.6 Å². The molecule has 1 fully saturated rings. The Hall–Kier alpha value is -1.02. The number of nitrogens with two attached hydrogens (primary N) is 1. The minimum absolute atomic E-state index is 0. The van der Waals surface area contributed by atoms with Crippen molar-refractivity contribution < 1.29 is 17.9 Å². The minimum atomic E-state index is -3.52. The zero-order valence-electron chi connectivity index (χ0n) is 13.2. The molecule has 0 saturated carbocycles. The van der Waals surface area contributed by atoms with Gasteiger partial charge in [0, 0.05) is 25.6 Å². The van der Waals surface area contributed by atoms with Gasteiger partial charge in [0.2, 0.25) is 10.0 Å².